The molecule has 9 heteroatoms. The van der Waals surface area contributed by atoms with Gasteiger partial charge in [0.05, 0.1) is 5.69 Å². The Kier molecular flexibility index (Phi) is 3.13. The van der Waals surface area contributed by atoms with Crippen molar-refractivity contribution in [3.05, 3.63) is 30.1 Å². The molecule has 0 spiro atoms. The summed E-state index contributed by atoms with van der Waals surface area (Å²) in [7, 11) is 0. The molecule has 2 heterocycles. The third-order valence-electron chi connectivity index (χ3n) is 2.22. The van der Waals surface area contributed by atoms with E-state index in [0.29, 0.717) is 5.16 Å². The number of aromatic nitrogens is 6. The zero-order valence-electron chi connectivity index (χ0n) is 9.76. The standard InChI is InChI=1S/C10H8N6OS2/c1-6-11-10(19-13-6)18-9-12-14-15-16(9)7-2-4-8(17)5-3-7/h2-5,17H,1H3. The van der Waals surface area contributed by atoms with Crippen molar-refractivity contribution < 1.29 is 5.11 Å². The number of hydrogen-bond donors (Lipinski definition) is 1. The molecule has 3 rings (SSSR count). The van der Waals surface area contributed by atoms with Crippen molar-refractivity contribution in [2.45, 2.75) is 16.4 Å². The van der Waals surface area contributed by atoms with E-state index in [1.807, 2.05) is 6.92 Å². The highest BCUT2D eigenvalue weighted by Crippen LogP contribution is 2.28. The Balaban J connectivity index is 1.92. The summed E-state index contributed by atoms with van der Waals surface area (Å²) >= 11 is 2.66. The topological polar surface area (TPSA) is 89.6 Å². The Morgan fingerprint density at radius 3 is 2.74 bits per heavy atom. The van der Waals surface area contributed by atoms with Gasteiger partial charge in [0.25, 0.3) is 0 Å². The maximum Gasteiger partial charge on any atom is 0.221 e. The Morgan fingerprint density at radius 1 is 1.26 bits per heavy atom. The molecule has 0 unspecified atom stereocenters. The molecule has 1 N–H and O–H groups in total. The highest BCUT2D eigenvalue weighted by atomic mass is 32.2. The number of phenolic OH excluding ortho intramolecular Hbond substituents is 1. The van der Waals surface area contributed by atoms with Crippen LogP contribution in [0.25, 0.3) is 5.69 Å². The van der Waals surface area contributed by atoms with Gasteiger partial charge in [-0.3, -0.25) is 0 Å². The average Bonchev–Trinajstić information content (AvgIpc) is 3.00. The minimum absolute atomic E-state index is 0.200. The fraction of sp³-hybridized carbons (Fsp3) is 0.100. The van der Waals surface area contributed by atoms with E-state index >= 15 is 0 Å². The molecule has 0 fully saturated rings. The van der Waals surface area contributed by atoms with Crippen LogP contribution in [0.3, 0.4) is 0 Å². The normalized spacial score (nSPS) is 10.8. The zero-order chi connectivity index (χ0) is 13.2. The molecule has 0 atom stereocenters. The highest BCUT2D eigenvalue weighted by Gasteiger charge is 2.12. The first kappa shape index (κ1) is 12.1. The van der Waals surface area contributed by atoms with Crippen LogP contribution in [0.5, 0.6) is 5.75 Å². The number of aryl methyl sites for hydroxylation is 1. The first-order valence-corrected chi connectivity index (χ1v) is 6.87. The number of benzene rings is 1. The first-order chi connectivity index (χ1) is 9.22. The SMILES string of the molecule is Cc1nsc(Sc2nnnn2-c2ccc(O)cc2)n1. The minimum atomic E-state index is 0.200. The molecule has 3 aromatic rings. The molecular weight excluding hydrogens is 284 g/mol. The summed E-state index contributed by atoms with van der Waals surface area (Å²) in [5.74, 6) is 0.932. The van der Waals surface area contributed by atoms with Gasteiger partial charge in [-0.25, -0.2) is 4.98 Å². The summed E-state index contributed by atoms with van der Waals surface area (Å²) in [6.07, 6.45) is 0. The predicted molar refractivity (Wildman–Crippen MR) is 69.6 cm³/mol. The van der Waals surface area contributed by atoms with Gasteiger partial charge in [-0.15, -0.1) is 5.10 Å². The van der Waals surface area contributed by atoms with Crippen LogP contribution < -0.4 is 0 Å². The van der Waals surface area contributed by atoms with Gasteiger partial charge in [-0.05, 0) is 64.9 Å². The van der Waals surface area contributed by atoms with E-state index in [0.717, 1.165) is 15.9 Å². The van der Waals surface area contributed by atoms with Gasteiger partial charge < -0.3 is 5.11 Å². The fourth-order valence-corrected chi connectivity index (χ4v) is 2.94. The summed E-state index contributed by atoms with van der Waals surface area (Å²) in [6, 6.07) is 6.64. The molecule has 19 heavy (non-hydrogen) atoms. The van der Waals surface area contributed by atoms with Crippen molar-refractivity contribution >= 4 is 23.3 Å². The first-order valence-electron chi connectivity index (χ1n) is 5.28. The molecule has 0 aliphatic rings. The number of phenols is 1. The summed E-state index contributed by atoms with van der Waals surface area (Å²) in [4.78, 5) is 4.26. The van der Waals surface area contributed by atoms with Gasteiger partial charge in [0.2, 0.25) is 5.16 Å². The van der Waals surface area contributed by atoms with Crippen molar-refractivity contribution in [3.63, 3.8) is 0 Å². The van der Waals surface area contributed by atoms with Gasteiger partial charge in [-0.1, -0.05) is 0 Å². The summed E-state index contributed by atoms with van der Waals surface area (Å²) in [5.41, 5.74) is 0.770. The number of tetrazole rings is 1. The van der Waals surface area contributed by atoms with E-state index in [-0.39, 0.29) is 5.75 Å². The van der Waals surface area contributed by atoms with Crippen molar-refractivity contribution in [1.29, 1.82) is 0 Å². The van der Waals surface area contributed by atoms with Crippen LogP contribution in [0, 0.1) is 6.92 Å². The largest absolute Gasteiger partial charge is 0.508 e. The van der Waals surface area contributed by atoms with Crippen LogP contribution in [0.1, 0.15) is 5.82 Å². The van der Waals surface area contributed by atoms with E-state index in [9.17, 15) is 5.11 Å². The summed E-state index contributed by atoms with van der Waals surface area (Å²) in [6.45, 7) is 1.84. The molecule has 7 nitrogen and oxygen atoms in total. The Morgan fingerprint density at radius 2 is 2.05 bits per heavy atom. The molecule has 0 saturated heterocycles. The monoisotopic (exact) mass is 292 g/mol. The third kappa shape index (κ3) is 2.56. The lowest BCUT2D eigenvalue weighted by atomic mass is 10.3. The number of rotatable bonds is 3. The maximum atomic E-state index is 9.28. The van der Waals surface area contributed by atoms with E-state index in [1.165, 1.54) is 23.3 Å². The molecule has 2 aromatic heterocycles. The lowest BCUT2D eigenvalue weighted by molar-refractivity contribution is 0.475. The molecule has 0 bridgehead atoms. The summed E-state index contributed by atoms with van der Waals surface area (Å²) in [5, 5.41) is 21.4. The Bertz CT molecular complexity index is 692. The zero-order valence-corrected chi connectivity index (χ0v) is 11.4. The number of nitrogens with zero attached hydrogens (tertiary/aromatic N) is 6. The highest BCUT2D eigenvalue weighted by molar-refractivity contribution is 8.00. The van der Waals surface area contributed by atoms with Crippen LogP contribution in [0.15, 0.2) is 33.8 Å². The Hall–Kier alpha value is -2.00. The van der Waals surface area contributed by atoms with Gasteiger partial charge in [0, 0.05) is 0 Å². The number of hydrogen-bond acceptors (Lipinski definition) is 8. The third-order valence-corrected chi connectivity index (χ3v) is 4.00. The van der Waals surface area contributed by atoms with Gasteiger partial charge in [0.15, 0.2) is 4.34 Å². The molecule has 1 aromatic carbocycles. The van der Waals surface area contributed by atoms with Gasteiger partial charge in [-0.2, -0.15) is 9.06 Å². The summed E-state index contributed by atoms with van der Waals surface area (Å²) < 4.78 is 6.48. The van der Waals surface area contributed by atoms with Crippen molar-refractivity contribution in [2.24, 2.45) is 0 Å². The molecule has 96 valence electrons. The lowest BCUT2D eigenvalue weighted by Crippen LogP contribution is -1.98. The van der Waals surface area contributed by atoms with E-state index < -0.39 is 0 Å². The molecule has 0 aliphatic heterocycles. The number of aromatic hydroxyl groups is 1. The van der Waals surface area contributed by atoms with Gasteiger partial charge in [0.1, 0.15) is 11.6 Å². The fourth-order valence-electron chi connectivity index (χ4n) is 1.40. The van der Waals surface area contributed by atoms with Crippen LogP contribution in [-0.2, 0) is 0 Å². The average molecular weight is 292 g/mol. The van der Waals surface area contributed by atoms with Crippen LogP contribution >= 0.6 is 23.3 Å². The second kappa shape index (κ2) is 4.94. The molecular formula is C10H8N6OS2. The smallest absolute Gasteiger partial charge is 0.221 e. The molecule has 0 radical (unpaired) electrons. The molecule has 0 amide bonds. The molecule has 0 aliphatic carbocycles. The quantitative estimate of drug-likeness (QED) is 0.785. The lowest BCUT2D eigenvalue weighted by Gasteiger charge is -2.02. The van der Waals surface area contributed by atoms with E-state index in [4.69, 9.17) is 0 Å². The maximum absolute atomic E-state index is 9.28. The van der Waals surface area contributed by atoms with E-state index in [1.54, 1.807) is 28.9 Å². The van der Waals surface area contributed by atoms with Crippen LogP contribution in [0.2, 0.25) is 0 Å². The van der Waals surface area contributed by atoms with Gasteiger partial charge >= 0.3 is 0 Å². The van der Waals surface area contributed by atoms with Crippen LogP contribution in [-0.4, -0.2) is 34.7 Å². The van der Waals surface area contributed by atoms with Crippen molar-refractivity contribution in [1.82, 2.24) is 29.6 Å². The van der Waals surface area contributed by atoms with Crippen LogP contribution in [0.4, 0.5) is 0 Å². The predicted octanol–water partition coefficient (Wildman–Crippen LogP) is 1.68. The second-order valence-electron chi connectivity index (χ2n) is 3.60. The Labute approximate surface area is 116 Å². The second-order valence-corrected chi connectivity index (χ2v) is 5.57. The van der Waals surface area contributed by atoms with Crippen molar-refractivity contribution in [2.75, 3.05) is 0 Å². The molecule has 0 saturated carbocycles. The minimum Gasteiger partial charge on any atom is -0.508 e. The van der Waals surface area contributed by atoms with E-state index in [2.05, 4.69) is 24.9 Å². The van der Waals surface area contributed by atoms with Crippen molar-refractivity contribution in [3.8, 4) is 11.4 Å².